The Balaban J connectivity index is 2.88. The van der Waals surface area contributed by atoms with Gasteiger partial charge in [0.25, 0.3) is 0 Å². The molecule has 0 aromatic heterocycles. The molecule has 0 aliphatic carbocycles. The first-order chi connectivity index (χ1) is 4.33. The lowest BCUT2D eigenvalue weighted by molar-refractivity contribution is 0.627. The van der Waals surface area contributed by atoms with E-state index >= 15 is 0 Å². The van der Waals surface area contributed by atoms with Crippen LogP contribution in [-0.2, 0) is 6.16 Å². The molecule has 0 nitrogen and oxygen atoms in total. The molecule has 2 heteroatoms. The number of hydrogen-bond acceptors (Lipinski definition) is 0. The van der Waals surface area contributed by atoms with Crippen LogP contribution in [0.25, 0.3) is 0 Å². The smallest absolute Gasteiger partial charge is 0.123 e. The van der Waals surface area contributed by atoms with Gasteiger partial charge in [0.05, 0.1) is 0 Å². The Hall–Kier alpha value is -0.420. The van der Waals surface area contributed by atoms with Crippen molar-refractivity contribution in [2.75, 3.05) is 0 Å². The molecular formula is C7H8FP. The lowest BCUT2D eigenvalue weighted by atomic mass is 10.2. The second-order valence-corrected chi connectivity index (χ2v) is 2.24. The predicted molar refractivity (Wildman–Crippen MR) is 39.8 cm³/mol. The zero-order valence-corrected chi connectivity index (χ0v) is 6.13. The normalized spacial score (nSPS) is 9.56. The van der Waals surface area contributed by atoms with Gasteiger partial charge in [0.1, 0.15) is 5.82 Å². The van der Waals surface area contributed by atoms with Crippen molar-refractivity contribution in [2.45, 2.75) is 6.16 Å². The second-order valence-electron chi connectivity index (χ2n) is 1.83. The Morgan fingerprint density at radius 3 is 2.22 bits per heavy atom. The van der Waals surface area contributed by atoms with Gasteiger partial charge in [-0.25, -0.2) is 4.39 Å². The maximum atomic E-state index is 12.2. The molecule has 1 aromatic rings. The summed E-state index contributed by atoms with van der Waals surface area (Å²) in [4.78, 5) is 0. The van der Waals surface area contributed by atoms with E-state index in [1.165, 1.54) is 12.1 Å². The Bertz CT molecular complexity index is 181. The number of rotatable bonds is 1. The molecule has 1 rings (SSSR count). The van der Waals surface area contributed by atoms with E-state index in [9.17, 15) is 4.39 Å². The van der Waals surface area contributed by atoms with Crippen LogP contribution in [0.15, 0.2) is 24.3 Å². The molecule has 0 amide bonds. The van der Waals surface area contributed by atoms with Crippen molar-refractivity contribution in [1.29, 1.82) is 0 Å². The van der Waals surface area contributed by atoms with Crippen molar-refractivity contribution in [2.24, 2.45) is 0 Å². The van der Waals surface area contributed by atoms with Gasteiger partial charge in [-0.15, -0.1) is 9.24 Å². The van der Waals surface area contributed by atoms with Crippen molar-refractivity contribution in [3.8, 4) is 0 Å². The molecule has 0 aliphatic heterocycles. The van der Waals surface area contributed by atoms with Crippen LogP contribution in [-0.4, -0.2) is 0 Å². The lowest BCUT2D eigenvalue weighted by Crippen LogP contribution is -1.76. The topological polar surface area (TPSA) is 0 Å². The average Bonchev–Trinajstić information content (AvgIpc) is 1.90. The van der Waals surface area contributed by atoms with Crippen LogP contribution < -0.4 is 0 Å². The third kappa shape index (κ3) is 1.76. The molecule has 48 valence electrons. The number of hydrogen-bond donors (Lipinski definition) is 0. The van der Waals surface area contributed by atoms with E-state index in [1.807, 2.05) is 0 Å². The Morgan fingerprint density at radius 1 is 1.22 bits per heavy atom. The van der Waals surface area contributed by atoms with Crippen LogP contribution in [0.4, 0.5) is 4.39 Å². The van der Waals surface area contributed by atoms with E-state index in [2.05, 4.69) is 9.24 Å². The monoisotopic (exact) mass is 142 g/mol. The highest BCUT2D eigenvalue weighted by atomic mass is 31.0. The van der Waals surface area contributed by atoms with Gasteiger partial charge < -0.3 is 0 Å². The summed E-state index contributed by atoms with van der Waals surface area (Å²) < 4.78 is 12.2. The van der Waals surface area contributed by atoms with Crippen LogP contribution in [0.1, 0.15) is 5.56 Å². The highest BCUT2D eigenvalue weighted by Gasteiger charge is 1.87. The predicted octanol–water partition coefficient (Wildman–Crippen LogP) is 2.20. The first-order valence-electron chi connectivity index (χ1n) is 2.77. The van der Waals surface area contributed by atoms with E-state index < -0.39 is 0 Å². The minimum atomic E-state index is -0.169. The number of halogens is 1. The summed E-state index contributed by atoms with van der Waals surface area (Å²) in [6.45, 7) is 0. The maximum Gasteiger partial charge on any atom is 0.123 e. The highest BCUT2D eigenvalue weighted by Crippen LogP contribution is 2.05. The molecule has 1 aromatic carbocycles. The van der Waals surface area contributed by atoms with Gasteiger partial charge in [-0.2, -0.15) is 0 Å². The average molecular weight is 142 g/mol. The Kier molecular flexibility index (Phi) is 2.18. The fourth-order valence-electron chi connectivity index (χ4n) is 0.620. The van der Waals surface area contributed by atoms with Gasteiger partial charge in [0.2, 0.25) is 0 Å². The summed E-state index contributed by atoms with van der Waals surface area (Å²) in [6, 6.07) is 6.50. The van der Waals surface area contributed by atoms with Gasteiger partial charge in [-0.05, 0) is 23.9 Å². The van der Waals surface area contributed by atoms with Gasteiger partial charge >= 0.3 is 0 Å². The molecule has 0 saturated heterocycles. The standard InChI is InChI=1S/C7H8FP/c8-7-3-1-6(5-9)2-4-7/h1-4H,5,9H2. The SMILES string of the molecule is Fc1ccc(CP)cc1. The largest absolute Gasteiger partial charge is 0.207 e. The van der Waals surface area contributed by atoms with Crippen molar-refractivity contribution in [3.63, 3.8) is 0 Å². The van der Waals surface area contributed by atoms with E-state index in [4.69, 9.17) is 0 Å². The minimum absolute atomic E-state index is 0.169. The van der Waals surface area contributed by atoms with Gasteiger partial charge in [0.15, 0.2) is 0 Å². The molecular weight excluding hydrogens is 134 g/mol. The Morgan fingerprint density at radius 2 is 1.78 bits per heavy atom. The zero-order valence-electron chi connectivity index (χ0n) is 4.97. The summed E-state index contributed by atoms with van der Waals surface area (Å²) >= 11 is 0. The molecule has 0 saturated carbocycles. The highest BCUT2D eigenvalue weighted by molar-refractivity contribution is 7.15. The van der Waals surface area contributed by atoms with Crippen LogP contribution in [0.2, 0.25) is 0 Å². The molecule has 0 N–H and O–H groups in total. The zero-order chi connectivity index (χ0) is 6.69. The summed E-state index contributed by atoms with van der Waals surface area (Å²) in [7, 11) is 2.59. The van der Waals surface area contributed by atoms with Crippen molar-refractivity contribution >= 4 is 9.24 Å². The van der Waals surface area contributed by atoms with Crippen molar-refractivity contribution in [3.05, 3.63) is 35.6 Å². The summed E-state index contributed by atoms with van der Waals surface area (Å²) in [5.74, 6) is -0.169. The van der Waals surface area contributed by atoms with Gasteiger partial charge in [-0.3, -0.25) is 0 Å². The fourth-order valence-corrected chi connectivity index (χ4v) is 0.893. The van der Waals surface area contributed by atoms with Crippen molar-refractivity contribution < 1.29 is 4.39 Å². The molecule has 0 radical (unpaired) electrons. The first kappa shape index (κ1) is 6.70. The third-order valence-electron chi connectivity index (χ3n) is 1.15. The van der Waals surface area contributed by atoms with E-state index in [1.54, 1.807) is 12.1 Å². The molecule has 0 heterocycles. The Labute approximate surface area is 56.3 Å². The maximum absolute atomic E-state index is 12.2. The van der Waals surface area contributed by atoms with Crippen LogP contribution in [0, 0.1) is 5.82 Å². The lowest BCUT2D eigenvalue weighted by Gasteiger charge is -1.92. The van der Waals surface area contributed by atoms with E-state index in [-0.39, 0.29) is 5.82 Å². The molecule has 0 aliphatic rings. The first-order valence-corrected chi connectivity index (χ1v) is 3.59. The molecule has 0 fully saturated rings. The third-order valence-corrected chi connectivity index (χ3v) is 1.62. The molecule has 1 atom stereocenters. The molecule has 0 bridgehead atoms. The van der Waals surface area contributed by atoms with E-state index in [0.29, 0.717) is 0 Å². The molecule has 0 spiro atoms. The van der Waals surface area contributed by atoms with E-state index in [0.717, 1.165) is 11.7 Å². The van der Waals surface area contributed by atoms with Crippen molar-refractivity contribution in [1.82, 2.24) is 0 Å². The summed E-state index contributed by atoms with van der Waals surface area (Å²) in [5, 5.41) is 0. The minimum Gasteiger partial charge on any atom is -0.207 e. The fraction of sp³-hybridized carbons (Fsp3) is 0.143. The second kappa shape index (κ2) is 2.93. The van der Waals surface area contributed by atoms with Crippen LogP contribution >= 0.6 is 9.24 Å². The molecule has 1 unspecified atom stereocenters. The van der Waals surface area contributed by atoms with Crippen LogP contribution in [0.5, 0.6) is 0 Å². The summed E-state index contributed by atoms with van der Waals surface area (Å²) in [5.41, 5.74) is 1.14. The van der Waals surface area contributed by atoms with Gasteiger partial charge in [0, 0.05) is 0 Å². The summed E-state index contributed by atoms with van der Waals surface area (Å²) in [6.07, 6.45) is 0.889. The van der Waals surface area contributed by atoms with Crippen LogP contribution in [0.3, 0.4) is 0 Å². The van der Waals surface area contributed by atoms with Gasteiger partial charge in [-0.1, -0.05) is 12.1 Å². The quantitative estimate of drug-likeness (QED) is 0.527. The number of benzene rings is 1. The molecule has 9 heavy (non-hydrogen) atoms.